The van der Waals surface area contributed by atoms with Crippen molar-refractivity contribution in [3.63, 3.8) is 0 Å². The lowest BCUT2D eigenvalue weighted by Gasteiger charge is -2.13. The van der Waals surface area contributed by atoms with Gasteiger partial charge in [0.05, 0.1) is 5.69 Å². The van der Waals surface area contributed by atoms with Crippen LogP contribution in [0.15, 0.2) is 18.2 Å². The van der Waals surface area contributed by atoms with Crippen molar-refractivity contribution >= 4 is 17.3 Å². The highest BCUT2D eigenvalue weighted by molar-refractivity contribution is 5.94. The van der Waals surface area contributed by atoms with Crippen molar-refractivity contribution in [1.82, 2.24) is 0 Å². The van der Waals surface area contributed by atoms with Gasteiger partial charge in [-0.1, -0.05) is 12.8 Å². The highest BCUT2D eigenvalue weighted by Crippen LogP contribution is 2.32. The quantitative estimate of drug-likeness (QED) is 0.778. The number of benzene rings is 1. The minimum Gasteiger partial charge on any atom is -0.396 e. The molecule has 0 heterocycles. The molecule has 1 amide bonds. The van der Waals surface area contributed by atoms with Crippen LogP contribution in [0.1, 0.15) is 26.2 Å². The average molecular weight is 266 g/mol. The normalized spacial score (nSPS) is 16.1. The van der Waals surface area contributed by atoms with Crippen molar-refractivity contribution in [2.45, 2.75) is 32.3 Å². The van der Waals surface area contributed by atoms with E-state index in [0.717, 1.165) is 12.3 Å². The summed E-state index contributed by atoms with van der Waals surface area (Å²) in [5.74, 6) is 0.0423. The first-order chi connectivity index (χ1) is 9.06. The van der Waals surface area contributed by atoms with Gasteiger partial charge in [0.15, 0.2) is 0 Å². The molecule has 3 N–H and O–H groups in total. The van der Waals surface area contributed by atoms with E-state index in [-0.39, 0.29) is 11.6 Å². The van der Waals surface area contributed by atoms with Crippen LogP contribution in [0.3, 0.4) is 0 Å². The van der Waals surface area contributed by atoms with Gasteiger partial charge in [0.25, 0.3) is 5.91 Å². The summed E-state index contributed by atoms with van der Waals surface area (Å²) in [6.45, 7) is 2.31. The summed E-state index contributed by atoms with van der Waals surface area (Å²) in [6.07, 6.45) is 3.05. The second-order valence-electron chi connectivity index (χ2n) is 4.97. The molecule has 4 nitrogen and oxygen atoms in total. The minimum absolute atomic E-state index is 0.0140. The zero-order valence-electron chi connectivity index (χ0n) is 11.0. The summed E-state index contributed by atoms with van der Waals surface area (Å²) >= 11 is 0. The molecule has 1 aliphatic carbocycles. The number of amides is 1. The Balaban J connectivity index is 1.79. The van der Waals surface area contributed by atoms with E-state index in [2.05, 4.69) is 5.32 Å². The van der Waals surface area contributed by atoms with Crippen LogP contribution >= 0.6 is 0 Å². The minimum atomic E-state index is -0.523. The van der Waals surface area contributed by atoms with Crippen molar-refractivity contribution in [2.24, 2.45) is 5.92 Å². The van der Waals surface area contributed by atoms with E-state index in [1.54, 1.807) is 6.92 Å². The molecule has 1 aromatic carbocycles. The second-order valence-corrected chi connectivity index (χ2v) is 4.97. The molecule has 0 radical (unpaired) electrons. The van der Waals surface area contributed by atoms with Gasteiger partial charge in [0.1, 0.15) is 11.9 Å². The summed E-state index contributed by atoms with van der Waals surface area (Å²) in [4.78, 5) is 11.8. The number of hydrogen-bond donors (Lipinski definition) is 2. The number of anilines is 2. The van der Waals surface area contributed by atoms with E-state index in [4.69, 9.17) is 10.5 Å². The van der Waals surface area contributed by atoms with Crippen molar-refractivity contribution in [3.05, 3.63) is 24.0 Å². The fourth-order valence-electron chi connectivity index (χ4n) is 1.76. The molecule has 19 heavy (non-hydrogen) atoms. The van der Waals surface area contributed by atoms with Crippen LogP contribution in [0.5, 0.6) is 0 Å². The van der Waals surface area contributed by atoms with Crippen LogP contribution in [-0.4, -0.2) is 18.6 Å². The molecule has 5 heteroatoms. The Kier molecular flexibility index (Phi) is 4.37. The monoisotopic (exact) mass is 266 g/mol. The van der Waals surface area contributed by atoms with Crippen LogP contribution in [0.2, 0.25) is 0 Å². The van der Waals surface area contributed by atoms with Crippen LogP contribution in [0.25, 0.3) is 0 Å². The second kappa shape index (κ2) is 6.02. The van der Waals surface area contributed by atoms with E-state index < -0.39 is 11.9 Å². The van der Waals surface area contributed by atoms with Crippen molar-refractivity contribution in [2.75, 3.05) is 17.7 Å². The molecule has 2 rings (SSSR count). The molecule has 0 bridgehead atoms. The Hall–Kier alpha value is -1.62. The Labute approximate surface area is 112 Å². The number of rotatable bonds is 6. The fourth-order valence-corrected chi connectivity index (χ4v) is 1.76. The number of ether oxygens (including phenoxy) is 1. The number of carbonyl (C=O) groups excluding carboxylic acids is 1. The zero-order valence-corrected chi connectivity index (χ0v) is 11.0. The molecule has 1 unspecified atom stereocenters. The topological polar surface area (TPSA) is 64.3 Å². The Morgan fingerprint density at radius 1 is 1.58 bits per heavy atom. The van der Waals surface area contributed by atoms with Crippen LogP contribution in [0, 0.1) is 11.7 Å². The molecule has 1 fully saturated rings. The van der Waals surface area contributed by atoms with Gasteiger partial charge in [-0.15, -0.1) is 0 Å². The third kappa shape index (κ3) is 4.21. The standard InChI is InChI=1S/C14H19FN2O2/c1-9(19-7-6-10-2-3-10)14(18)17-11-4-5-12(15)13(16)8-11/h4-5,8-10H,2-3,6-7,16H2,1H3,(H,17,18). The molecule has 104 valence electrons. The molecule has 0 saturated heterocycles. The van der Waals surface area contributed by atoms with Crippen molar-refractivity contribution < 1.29 is 13.9 Å². The smallest absolute Gasteiger partial charge is 0.253 e. The Bertz CT molecular complexity index is 461. The third-order valence-electron chi connectivity index (χ3n) is 3.22. The maximum atomic E-state index is 13.0. The summed E-state index contributed by atoms with van der Waals surface area (Å²) in [7, 11) is 0. The van der Waals surface area contributed by atoms with Crippen LogP contribution < -0.4 is 11.1 Å². The van der Waals surface area contributed by atoms with Crippen LogP contribution in [0.4, 0.5) is 15.8 Å². The average Bonchev–Trinajstić information content (AvgIpc) is 3.17. The first-order valence-corrected chi connectivity index (χ1v) is 6.53. The summed E-state index contributed by atoms with van der Waals surface area (Å²) in [6, 6.07) is 4.09. The van der Waals surface area contributed by atoms with Gasteiger partial charge >= 0.3 is 0 Å². The maximum Gasteiger partial charge on any atom is 0.253 e. The number of nitrogen functional groups attached to an aromatic ring is 1. The number of nitrogens with two attached hydrogens (primary N) is 1. The lowest BCUT2D eigenvalue weighted by Crippen LogP contribution is -2.28. The molecule has 0 aliphatic heterocycles. The van der Waals surface area contributed by atoms with Gasteiger partial charge in [-0.05, 0) is 37.5 Å². The van der Waals surface area contributed by atoms with E-state index in [1.807, 2.05) is 0 Å². The number of halogens is 1. The Morgan fingerprint density at radius 2 is 2.32 bits per heavy atom. The van der Waals surface area contributed by atoms with E-state index >= 15 is 0 Å². The molecule has 1 saturated carbocycles. The predicted molar refractivity (Wildman–Crippen MR) is 72.2 cm³/mol. The maximum absolute atomic E-state index is 13.0. The van der Waals surface area contributed by atoms with Gasteiger partial charge in [-0.25, -0.2) is 4.39 Å². The fraction of sp³-hybridized carbons (Fsp3) is 0.500. The molecule has 1 atom stereocenters. The first kappa shape index (κ1) is 13.8. The van der Waals surface area contributed by atoms with Crippen molar-refractivity contribution in [1.29, 1.82) is 0 Å². The summed E-state index contributed by atoms with van der Waals surface area (Å²) in [5, 5.41) is 2.65. The molecule has 1 aromatic rings. The molecular weight excluding hydrogens is 247 g/mol. The van der Waals surface area contributed by atoms with Crippen molar-refractivity contribution in [3.8, 4) is 0 Å². The summed E-state index contributed by atoms with van der Waals surface area (Å²) < 4.78 is 18.4. The van der Waals surface area contributed by atoms with Gasteiger partial charge in [-0.3, -0.25) is 4.79 Å². The van der Waals surface area contributed by atoms with E-state index in [1.165, 1.54) is 31.0 Å². The lowest BCUT2D eigenvalue weighted by molar-refractivity contribution is -0.126. The zero-order chi connectivity index (χ0) is 13.8. The predicted octanol–water partition coefficient (Wildman–Crippen LogP) is 2.55. The lowest BCUT2D eigenvalue weighted by atomic mass is 10.2. The van der Waals surface area contributed by atoms with E-state index in [0.29, 0.717) is 12.3 Å². The first-order valence-electron chi connectivity index (χ1n) is 6.53. The SMILES string of the molecule is CC(OCCC1CC1)C(=O)Nc1ccc(F)c(N)c1. The summed E-state index contributed by atoms with van der Waals surface area (Å²) in [5.41, 5.74) is 5.92. The third-order valence-corrected chi connectivity index (χ3v) is 3.22. The highest BCUT2D eigenvalue weighted by atomic mass is 19.1. The molecule has 1 aliphatic rings. The highest BCUT2D eigenvalue weighted by Gasteiger charge is 2.22. The van der Waals surface area contributed by atoms with Gasteiger partial charge in [-0.2, -0.15) is 0 Å². The largest absolute Gasteiger partial charge is 0.396 e. The van der Waals surface area contributed by atoms with Gasteiger partial charge < -0.3 is 15.8 Å². The number of nitrogens with one attached hydrogen (secondary N) is 1. The molecule has 0 spiro atoms. The van der Waals surface area contributed by atoms with Gasteiger partial charge in [0.2, 0.25) is 0 Å². The number of hydrogen-bond acceptors (Lipinski definition) is 3. The molecular formula is C14H19FN2O2. The van der Waals surface area contributed by atoms with Gasteiger partial charge in [0, 0.05) is 12.3 Å². The van der Waals surface area contributed by atoms with E-state index in [9.17, 15) is 9.18 Å². The molecule has 0 aromatic heterocycles. The number of carbonyl (C=O) groups is 1. The van der Waals surface area contributed by atoms with Crippen LogP contribution in [-0.2, 0) is 9.53 Å². The Morgan fingerprint density at radius 3 is 2.95 bits per heavy atom.